The Morgan fingerprint density at radius 3 is 2.60 bits per heavy atom. The van der Waals surface area contributed by atoms with E-state index < -0.39 is 0 Å². The summed E-state index contributed by atoms with van der Waals surface area (Å²) in [4.78, 5) is 0. The Bertz CT molecular complexity index is 303. The zero-order valence-electron chi connectivity index (χ0n) is 9.17. The Morgan fingerprint density at radius 2 is 2.00 bits per heavy atom. The van der Waals surface area contributed by atoms with E-state index in [2.05, 4.69) is 12.2 Å². The molecule has 0 aromatic heterocycles. The van der Waals surface area contributed by atoms with Crippen molar-refractivity contribution in [3.05, 3.63) is 35.6 Å². The Labute approximate surface area is 90.7 Å². The van der Waals surface area contributed by atoms with Crippen LogP contribution in [0.2, 0.25) is 0 Å². The fraction of sp³-hybridized carbons (Fsp3) is 0.538. The number of hydrogen-bond acceptors (Lipinski definition) is 1. The van der Waals surface area contributed by atoms with E-state index in [1.54, 1.807) is 0 Å². The predicted octanol–water partition coefficient (Wildman–Crippen LogP) is 3.28. The van der Waals surface area contributed by atoms with Gasteiger partial charge < -0.3 is 5.32 Å². The summed E-state index contributed by atoms with van der Waals surface area (Å²) in [6.45, 7) is 3.20. The lowest BCUT2D eigenvalue weighted by Crippen LogP contribution is -2.20. The molecular weight excluding hydrogens is 189 g/mol. The summed E-state index contributed by atoms with van der Waals surface area (Å²) in [7, 11) is 0. The number of halogens is 1. The van der Waals surface area contributed by atoms with Gasteiger partial charge in [-0.25, -0.2) is 4.39 Å². The standard InChI is InChI=1S/C13H18FN/c1-10(15-9-8-11-2-3-11)12-4-6-13(14)7-5-12/h4-7,10-11,15H,2-3,8-9H2,1H3. The van der Waals surface area contributed by atoms with E-state index in [4.69, 9.17) is 0 Å². The number of hydrogen-bond donors (Lipinski definition) is 1. The highest BCUT2D eigenvalue weighted by atomic mass is 19.1. The average Bonchev–Trinajstić information content (AvgIpc) is 3.02. The largest absolute Gasteiger partial charge is 0.310 e. The number of nitrogens with one attached hydrogen (secondary N) is 1. The summed E-state index contributed by atoms with van der Waals surface area (Å²) in [5, 5.41) is 3.47. The van der Waals surface area contributed by atoms with Gasteiger partial charge in [-0.2, -0.15) is 0 Å². The molecule has 0 heterocycles. The third-order valence-corrected chi connectivity index (χ3v) is 3.07. The van der Waals surface area contributed by atoms with Gasteiger partial charge in [0.15, 0.2) is 0 Å². The molecule has 1 unspecified atom stereocenters. The molecule has 2 heteroatoms. The fourth-order valence-corrected chi connectivity index (χ4v) is 1.78. The maximum absolute atomic E-state index is 12.7. The molecule has 1 aromatic rings. The van der Waals surface area contributed by atoms with Gasteiger partial charge in [0.2, 0.25) is 0 Å². The SMILES string of the molecule is CC(NCCC1CC1)c1ccc(F)cc1. The lowest BCUT2D eigenvalue weighted by molar-refractivity contribution is 0.538. The zero-order valence-corrected chi connectivity index (χ0v) is 9.17. The minimum absolute atomic E-state index is 0.163. The van der Waals surface area contributed by atoms with Crippen molar-refractivity contribution in [3.8, 4) is 0 Å². The summed E-state index contributed by atoms with van der Waals surface area (Å²) in [6, 6.07) is 7.07. The van der Waals surface area contributed by atoms with Crippen LogP contribution in [-0.2, 0) is 0 Å². The zero-order chi connectivity index (χ0) is 10.7. The molecule has 1 atom stereocenters. The van der Waals surface area contributed by atoms with Gasteiger partial charge in [-0.05, 0) is 43.5 Å². The Morgan fingerprint density at radius 1 is 1.33 bits per heavy atom. The highest BCUT2D eigenvalue weighted by Gasteiger charge is 2.20. The first-order valence-electron chi connectivity index (χ1n) is 5.74. The molecule has 0 radical (unpaired) electrons. The van der Waals surface area contributed by atoms with Gasteiger partial charge in [-0.15, -0.1) is 0 Å². The molecule has 15 heavy (non-hydrogen) atoms. The van der Waals surface area contributed by atoms with Gasteiger partial charge in [-0.1, -0.05) is 25.0 Å². The summed E-state index contributed by atoms with van der Waals surface area (Å²) >= 11 is 0. The summed E-state index contributed by atoms with van der Waals surface area (Å²) in [6.07, 6.45) is 4.10. The molecule has 1 N–H and O–H groups in total. The molecule has 0 bridgehead atoms. The second-order valence-corrected chi connectivity index (χ2v) is 4.46. The molecule has 1 aliphatic rings. The minimum Gasteiger partial charge on any atom is -0.310 e. The van der Waals surface area contributed by atoms with Crippen LogP contribution >= 0.6 is 0 Å². The van der Waals surface area contributed by atoms with E-state index >= 15 is 0 Å². The normalized spacial score (nSPS) is 17.7. The van der Waals surface area contributed by atoms with Crippen LogP contribution in [0.25, 0.3) is 0 Å². The summed E-state index contributed by atoms with van der Waals surface area (Å²) < 4.78 is 12.7. The molecule has 1 aliphatic carbocycles. The van der Waals surface area contributed by atoms with Crippen LogP contribution in [0.4, 0.5) is 4.39 Å². The third-order valence-electron chi connectivity index (χ3n) is 3.07. The average molecular weight is 207 g/mol. The van der Waals surface area contributed by atoms with Crippen molar-refractivity contribution in [3.63, 3.8) is 0 Å². The van der Waals surface area contributed by atoms with Crippen LogP contribution < -0.4 is 5.32 Å². The third kappa shape index (κ3) is 3.31. The van der Waals surface area contributed by atoms with Crippen LogP contribution in [0, 0.1) is 11.7 Å². The van der Waals surface area contributed by atoms with Crippen molar-refractivity contribution in [2.45, 2.75) is 32.2 Å². The lowest BCUT2D eigenvalue weighted by atomic mass is 10.1. The van der Waals surface area contributed by atoms with E-state index in [0.717, 1.165) is 18.0 Å². The fourth-order valence-electron chi connectivity index (χ4n) is 1.78. The van der Waals surface area contributed by atoms with Crippen molar-refractivity contribution in [1.29, 1.82) is 0 Å². The van der Waals surface area contributed by atoms with Gasteiger partial charge in [0.05, 0.1) is 0 Å². The topological polar surface area (TPSA) is 12.0 Å². The Kier molecular flexibility index (Phi) is 3.37. The molecular formula is C13H18FN. The molecule has 1 nitrogen and oxygen atoms in total. The molecule has 0 aliphatic heterocycles. The maximum Gasteiger partial charge on any atom is 0.123 e. The van der Waals surface area contributed by atoms with E-state index in [1.807, 2.05) is 12.1 Å². The van der Waals surface area contributed by atoms with E-state index in [-0.39, 0.29) is 5.82 Å². The van der Waals surface area contributed by atoms with Crippen molar-refractivity contribution in [2.75, 3.05) is 6.54 Å². The van der Waals surface area contributed by atoms with E-state index in [0.29, 0.717) is 6.04 Å². The predicted molar refractivity (Wildman–Crippen MR) is 60.2 cm³/mol. The first-order chi connectivity index (χ1) is 7.25. The van der Waals surface area contributed by atoms with Gasteiger partial charge >= 0.3 is 0 Å². The monoisotopic (exact) mass is 207 g/mol. The van der Waals surface area contributed by atoms with Gasteiger partial charge in [0.25, 0.3) is 0 Å². The van der Waals surface area contributed by atoms with Gasteiger partial charge in [0, 0.05) is 6.04 Å². The number of benzene rings is 1. The lowest BCUT2D eigenvalue weighted by Gasteiger charge is -2.13. The smallest absolute Gasteiger partial charge is 0.123 e. The molecule has 0 saturated heterocycles. The van der Waals surface area contributed by atoms with Gasteiger partial charge in [0.1, 0.15) is 5.82 Å². The summed E-state index contributed by atoms with van der Waals surface area (Å²) in [5.41, 5.74) is 1.16. The highest BCUT2D eigenvalue weighted by molar-refractivity contribution is 5.19. The molecule has 2 rings (SSSR count). The van der Waals surface area contributed by atoms with Crippen LogP contribution in [0.15, 0.2) is 24.3 Å². The minimum atomic E-state index is -0.163. The first kappa shape index (κ1) is 10.6. The molecule has 1 fully saturated rings. The molecule has 1 saturated carbocycles. The van der Waals surface area contributed by atoms with Crippen LogP contribution in [0.5, 0.6) is 0 Å². The second-order valence-electron chi connectivity index (χ2n) is 4.46. The van der Waals surface area contributed by atoms with Crippen LogP contribution in [0.3, 0.4) is 0 Å². The molecule has 1 aromatic carbocycles. The molecule has 0 amide bonds. The number of rotatable bonds is 5. The Hall–Kier alpha value is -0.890. The highest BCUT2D eigenvalue weighted by Crippen LogP contribution is 2.31. The van der Waals surface area contributed by atoms with Crippen molar-refractivity contribution in [2.24, 2.45) is 5.92 Å². The summed E-state index contributed by atoms with van der Waals surface area (Å²) in [5.74, 6) is 0.807. The van der Waals surface area contributed by atoms with E-state index in [9.17, 15) is 4.39 Å². The van der Waals surface area contributed by atoms with Crippen molar-refractivity contribution in [1.82, 2.24) is 5.32 Å². The first-order valence-corrected chi connectivity index (χ1v) is 5.74. The Balaban J connectivity index is 1.78. The maximum atomic E-state index is 12.7. The van der Waals surface area contributed by atoms with Crippen LogP contribution in [-0.4, -0.2) is 6.54 Å². The molecule has 0 spiro atoms. The molecule has 82 valence electrons. The van der Waals surface area contributed by atoms with Crippen LogP contribution in [0.1, 0.15) is 37.8 Å². The van der Waals surface area contributed by atoms with Gasteiger partial charge in [-0.3, -0.25) is 0 Å². The quantitative estimate of drug-likeness (QED) is 0.781. The van der Waals surface area contributed by atoms with Crippen molar-refractivity contribution < 1.29 is 4.39 Å². The van der Waals surface area contributed by atoms with Crippen molar-refractivity contribution >= 4 is 0 Å². The van der Waals surface area contributed by atoms with E-state index in [1.165, 1.54) is 31.4 Å². The second kappa shape index (κ2) is 4.75.